The van der Waals surface area contributed by atoms with E-state index in [2.05, 4.69) is 5.32 Å². The van der Waals surface area contributed by atoms with E-state index in [-0.39, 0.29) is 5.91 Å². The second-order valence-electron chi connectivity index (χ2n) is 3.97. The Balaban J connectivity index is 2.11. The number of carbonyl (C=O) groups is 1. The fourth-order valence-electron chi connectivity index (χ4n) is 1.61. The van der Waals surface area contributed by atoms with E-state index in [1.807, 2.05) is 17.7 Å². The fraction of sp³-hybridized carbons (Fsp3) is 0.154. The summed E-state index contributed by atoms with van der Waals surface area (Å²) in [6.07, 6.45) is 0. The first kappa shape index (κ1) is 12.9. The van der Waals surface area contributed by atoms with Gasteiger partial charge in [-0.05, 0) is 40.9 Å². The first-order valence-corrected chi connectivity index (χ1v) is 6.75. The Bertz CT molecular complexity index is 560. The zero-order valence-electron chi connectivity index (χ0n) is 9.87. The second kappa shape index (κ2) is 5.42. The molecule has 0 spiro atoms. The highest BCUT2D eigenvalue weighted by atomic mass is 35.5. The largest absolute Gasteiger partial charge is 0.398 e. The number of nitrogens with one attached hydrogen (secondary N) is 1. The SMILES string of the molecule is Cc1cscc1CNC(=O)c1c(N)cccc1Cl. The Morgan fingerprint density at radius 3 is 2.83 bits per heavy atom. The van der Waals surface area contributed by atoms with Crippen molar-refractivity contribution in [3.8, 4) is 0 Å². The van der Waals surface area contributed by atoms with Crippen molar-refractivity contribution >= 4 is 34.5 Å². The van der Waals surface area contributed by atoms with Crippen LogP contribution >= 0.6 is 22.9 Å². The van der Waals surface area contributed by atoms with Gasteiger partial charge in [-0.15, -0.1) is 0 Å². The van der Waals surface area contributed by atoms with E-state index in [0.717, 1.165) is 5.56 Å². The molecule has 1 aromatic heterocycles. The number of aryl methyl sites for hydroxylation is 1. The molecule has 0 saturated heterocycles. The molecule has 1 aromatic carbocycles. The third-order valence-corrected chi connectivity index (χ3v) is 3.90. The maximum absolute atomic E-state index is 12.0. The van der Waals surface area contributed by atoms with Crippen LogP contribution in [0.2, 0.25) is 5.02 Å². The van der Waals surface area contributed by atoms with Gasteiger partial charge in [0.05, 0.1) is 10.6 Å². The Kier molecular flexibility index (Phi) is 3.89. The van der Waals surface area contributed by atoms with Crippen LogP contribution in [0.5, 0.6) is 0 Å². The van der Waals surface area contributed by atoms with E-state index < -0.39 is 0 Å². The first-order chi connectivity index (χ1) is 8.59. The highest BCUT2D eigenvalue weighted by Gasteiger charge is 2.13. The van der Waals surface area contributed by atoms with Gasteiger partial charge in [0.1, 0.15) is 0 Å². The third kappa shape index (κ3) is 2.66. The lowest BCUT2D eigenvalue weighted by Gasteiger charge is -2.09. The Morgan fingerprint density at radius 2 is 2.22 bits per heavy atom. The van der Waals surface area contributed by atoms with Crippen LogP contribution in [0.3, 0.4) is 0 Å². The maximum Gasteiger partial charge on any atom is 0.255 e. The highest BCUT2D eigenvalue weighted by molar-refractivity contribution is 7.08. The molecule has 2 rings (SSSR count). The monoisotopic (exact) mass is 280 g/mol. The number of rotatable bonds is 3. The maximum atomic E-state index is 12.0. The van der Waals surface area contributed by atoms with Crippen molar-refractivity contribution in [2.75, 3.05) is 5.73 Å². The molecule has 5 heteroatoms. The zero-order chi connectivity index (χ0) is 13.1. The summed E-state index contributed by atoms with van der Waals surface area (Å²) < 4.78 is 0. The summed E-state index contributed by atoms with van der Waals surface area (Å²) in [5, 5.41) is 7.26. The van der Waals surface area contributed by atoms with E-state index in [0.29, 0.717) is 22.8 Å². The quantitative estimate of drug-likeness (QED) is 0.848. The van der Waals surface area contributed by atoms with Crippen LogP contribution in [0.15, 0.2) is 29.0 Å². The number of thiophene rings is 1. The Morgan fingerprint density at radius 1 is 1.44 bits per heavy atom. The van der Waals surface area contributed by atoms with Gasteiger partial charge in [0.25, 0.3) is 5.91 Å². The molecule has 18 heavy (non-hydrogen) atoms. The fourth-order valence-corrected chi connectivity index (χ4v) is 2.74. The molecule has 94 valence electrons. The normalized spacial score (nSPS) is 10.3. The van der Waals surface area contributed by atoms with E-state index in [9.17, 15) is 4.79 Å². The number of hydrogen-bond donors (Lipinski definition) is 2. The number of halogens is 1. The van der Waals surface area contributed by atoms with E-state index >= 15 is 0 Å². The van der Waals surface area contributed by atoms with Crippen molar-refractivity contribution in [2.24, 2.45) is 0 Å². The van der Waals surface area contributed by atoms with Gasteiger partial charge in [-0.3, -0.25) is 4.79 Å². The zero-order valence-corrected chi connectivity index (χ0v) is 11.4. The average Bonchev–Trinajstić information content (AvgIpc) is 2.72. The predicted molar refractivity (Wildman–Crippen MR) is 76.1 cm³/mol. The summed E-state index contributed by atoms with van der Waals surface area (Å²) in [4.78, 5) is 12.0. The lowest BCUT2D eigenvalue weighted by atomic mass is 10.1. The molecule has 0 fully saturated rings. The Labute approximate surface area is 115 Å². The molecule has 0 radical (unpaired) electrons. The number of benzene rings is 1. The molecule has 0 aliphatic carbocycles. The van der Waals surface area contributed by atoms with Gasteiger partial charge >= 0.3 is 0 Å². The number of nitrogen functional groups attached to an aromatic ring is 1. The minimum Gasteiger partial charge on any atom is -0.398 e. The molecule has 0 saturated carbocycles. The summed E-state index contributed by atoms with van der Waals surface area (Å²) in [6, 6.07) is 5.04. The van der Waals surface area contributed by atoms with Crippen molar-refractivity contribution in [3.05, 3.63) is 50.7 Å². The number of carbonyl (C=O) groups excluding carboxylic acids is 1. The molecule has 1 heterocycles. The van der Waals surface area contributed by atoms with Crippen LogP contribution in [0.4, 0.5) is 5.69 Å². The molecule has 0 bridgehead atoms. The molecule has 0 atom stereocenters. The van der Waals surface area contributed by atoms with Crippen molar-refractivity contribution in [1.29, 1.82) is 0 Å². The van der Waals surface area contributed by atoms with Gasteiger partial charge in [0, 0.05) is 12.2 Å². The lowest BCUT2D eigenvalue weighted by molar-refractivity contribution is 0.0952. The molecule has 0 aliphatic rings. The van der Waals surface area contributed by atoms with Gasteiger partial charge in [-0.25, -0.2) is 0 Å². The van der Waals surface area contributed by atoms with Gasteiger partial charge in [0.15, 0.2) is 0 Å². The van der Waals surface area contributed by atoms with Crippen LogP contribution in [0.1, 0.15) is 21.5 Å². The van der Waals surface area contributed by atoms with Crippen LogP contribution in [-0.2, 0) is 6.54 Å². The van der Waals surface area contributed by atoms with Crippen LogP contribution in [-0.4, -0.2) is 5.91 Å². The number of anilines is 1. The molecular weight excluding hydrogens is 268 g/mol. The molecule has 0 aliphatic heterocycles. The summed E-state index contributed by atoms with van der Waals surface area (Å²) in [5.74, 6) is -0.247. The second-order valence-corrected chi connectivity index (χ2v) is 5.12. The summed E-state index contributed by atoms with van der Waals surface area (Å²) >= 11 is 7.60. The topological polar surface area (TPSA) is 55.1 Å². The van der Waals surface area contributed by atoms with Gasteiger partial charge in [-0.2, -0.15) is 11.3 Å². The third-order valence-electron chi connectivity index (χ3n) is 2.67. The highest BCUT2D eigenvalue weighted by Crippen LogP contribution is 2.22. The minimum absolute atomic E-state index is 0.247. The minimum atomic E-state index is -0.247. The number of amides is 1. The molecule has 3 nitrogen and oxygen atoms in total. The molecule has 1 amide bonds. The summed E-state index contributed by atoms with van der Waals surface area (Å²) in [6.45, 7) is 2.50. The van der Waals surface area contributed by atoms with Gasteiger partial charge in [0.2, 0.25) is 0 Å². The van der Waals surface area contributed by atoms with Gasteiger partial charge in [-0.1, -0.05) is 17.7 Å². The predicted octanol–water partition coefficient (Wildman–Crippen LogP) is 3.22. The van der Waals surface area contributed by atoms with Crippen LogP contribution < -0.4 is 11.1 Å². The smallest absolute Gasteiger partial charge is 0.255 e. The van der Waals surface area contributed by atoms with Crippen molar-refractivity contribution in [2.45, 2.75) is 13.5 Å². The lowest BCUT2D eigenvalue weighted by Crippen LogP contribution is -2.24. The van der Waals surface area contributed by atoms with Crippen LogP contribution in [0.25, 0.3) is 0 Å². The van der Waals surface area contributed by atoms with Crippen molar-refractivity contribution in [1.82, 2.24) is 5.32 Å². The van der Waals surface area contributed by atoms with Crippen molar-refractivity contribution in [3.63, 3.8) is 0 Å². The summed E-state index contributed by atoms with van der Waals surface area (Å²) in [7, 11) is 0. The number of nitrogens with two attached hydrogens (primary N) is 1. The van der Waals surface area contributed by atoms with Crippen molar-refractivity contribution < 1.29 is 4.79 Å². The molecular formula is C13H13ClN2OS. The van der Waals surface area contributed by atoms with Crippen LogP contribution in [0, 0.1) is 6.92 Å². The van der Waals surface area contributed by atoms with E-state index in [1.165, 1.54) is 5.56 Å². The number of hydrogen-bond acceptors (Lipinski definition) is 3. The van der Waals surface area contributed by atoms with E-state index in [4.69, 9.17) is 17.3 Å². The standard InChI is InChI=1S/C13H13ClN2OS/c1-8-6-18-7-9(8)5-16-13(17)12-10(14)3-2-4-11(12)15/h2-4,6-7H,5,15H2,1H3,(H,16,17). The average molecular weight is 281 g/mol. The molecule has 3 N–H and O–H groups in total. The Hall–Kier alpha value is -1.52. The summed E-state index contributed by atoms with van der Waals surface area (Å²) in [5.41, 5.74) is 8.77. The molecule has 0 unspecified atom stereocenters. The van der Waals surface area contributed by atoms with Gasteiger partial charge < -0.3 is 11.1 Å². The molecule has 2 aromatic rings. The first-order valence-electron chi connectivity index (χ1n) is 5.43. The van der Waals surface area contributed by atoms with E-state index in [1.54, 1.807) is 29.5 Å².